The molecule has 2 aromatic rings. The Morgan fingerprint density at radius 3 is 2.89 bits per heavy atom. The summed E-state index contributed by atoms with van der Waals surface area (Å²) >= 11 is 1.75. The molecule has 3 rings (SSSR count). The third-order valence-corrected chi connectivity index (χ3v) is 4.53. The molecule has 0 spiro atoms. The van der Waals surface area contributed by atoms with Gasteiger partial charge in [-0.15, -0.1) is 11.8 Å². The van der Waals surface area contributed by atoms with Crippen LogP contribution in [0.15, 0.2) is 47.1 Å². The lowest BCUT2D eigenvalue weighted by atomic mass is 10.1. The number of benzene rings is 1. The summed E-state index contributed by atoms with van der Waals surface area (Å²) in [6.07, 6.45) is 1.66. The smallest absolute Gasteiger partial charge is 0.255 e. The number of hydrogen-bond donors (Lipinski definition) is 0. The molecule has 1 saturated heterocycles. The number of hydrogen-bond acceptors (Lipinski definition) is 3. The van der Waals surface area contributed by atoms with Gasteiger partial charge < -0.3 is 9.32 Å². The van der Waals surface area contributed by atoms with Crippen LogP contribution in [0.3, 0.4) is 0 Å². The minimum absolute atomic E-state index is 0.00195. The maximum atomic E-state index is 12.6. The molecule has 1 aromatic heterocycles. The molecule has 0 saturated carbocycles. The predicted molar refractivity (Wildman–Crippen MR) is 76.1 cm³/mol. The van der Waals surface area contributed by atoms with Crippen LogP contribution >= 0.6 is 11.8 Å². The molecule has 1 aromatic carbocycles. The van der Waals surface area contributed by atoms with Crippen LogP contribution in [0.1, 0.15) is 27.1 Å². The largest absolute Gasteiger partial charge is 0.466 e. The second kappa shape index (κ2) is 5.13. The molecule has 0 aliphatic carbocycles. The van der Waals surface area contributed by atoms with E-state index in [2.05, 4.69) is 0 Å². The summed E-state index contributed by atoms with van der Waals surface area (Å²) in [5.74, 6) is 1.89. The Kier molecular flexibility index (Phi) is 3.34. The van der Waals surface area contributed by atoms with Gasteiger partial charge in [-0.3, -0.25) is 4.79 Å². The van der Waals surface area contributed by atoms with Gasteiger partial charge in [0.2, 0.25) is 0 Å². The minimum Gasteiger partial charge on any atom is -0.466 e. The van der Waals surface area contributed by atoms with Gasteiger partial charge in [0.1, 0.15) is 11.1 Å². The average Bonchev–Trinajstić information content (AvgIpc) is 3.09. The summed E-state index contributed by atoms with van der Waals surface area (Å²) in [7, 11) is 0. The highest BCUT2D eigenvalue weighted by atomic mass is 32.2. The van der Waals surface area contributed by atoms with Crippen molar-refractivity contribution < 1.29 is 9.21 Å². The normalized spacial score (nSPS) is 18.8. The van der Waals surface area contributed by atoms with E-state index < -0.39 is 0 Å². The molecule has 1 aliphatic rings. The lowest BCUT2D eigenvalue weighted by molar-refractivity contribution is 0.0748. The molecule has 98 valence electrons. The van der Waals surface area contributed by atoms with Gasteiger partial charge in [0.05, 0.1) is 6.26 Å². The van der Waals surface area contributed by atoms with Crippen molar-refractivity contribution >= 4 is 17.7 Å². The van der Waals surface area contributed by atoms with Gasteiger partial charge in [0.15, 0.2) is 0 Å². The van der Waals surface area contributed by atoms with Crippen LogP contribution in [0.4, 0.5) is 0 Å². The van der Waals surface area contributed by atoms with E-state index in [1.165, 1.54) is 0 Å². The molecule has 3 nitrogen and oxygen atoms in total. The van der Waals surface area contributed by atoms with Gasteiger partial charge in [-0.2, -0.15) is 0 Å². The maximum Gasteiger partial charge on any atom is 0.255 e. The van der Waals surface area contributed by atoms with E-state index in [1.54, 1.807) is 18.0 Å². The van der Waals surface area contributed by atoms with E-state index in [1.807, 2.05) is 48.2 Å². The Bertz CT molecular complexity index is 580. The molecule has 1 amide bonds. The lowest BCUT2D eigenvalue weighted by Gasteiger charge is -2.23. The third kappa shape index (κ3) is 2.28. The van der Waals surface area contributed by atoms with Gasteiger partial charge in [0, 0.05) is 17.9 Å². The van der Waals surface area contributed by atoms with Crippen LogP contribution in [-0.2, 0) is 0 Å². The molecule has 1 fully saturated rings. The number of rotatable bonds is 2. The summed E-state index contributed by atoms with van der Waals surface area (Å²) < 4.78 is 5.45. The number of aryl methyl sites for hydroxylation is 1. The van der Waals surface area contributed by atoms with E-state index in [-0.39, 0.29) is 11.3 Å². The summed E-state index contributed by atoms with van der Waals surface area (Å²) in [6.45, 7) is 2.74. The Morgan fingerprint density at radius 1 is 1.32 bits per heavy atom. The van der Waals surface area contributed by atoms with Gasteiger partial charge in [-0.25, -0.2) is 0 Å². The van der Waals surface area contributed by atoms with Crippen LogP contribution in [0, 0.1) is 6.92 Å². The molecule has 1 aliphatic heterocycles. The topological polar surface area (TPSA) is 33.5 Å². The zero-order valence-electron chi connectivity index (χ0n) is 10.7. The fraction of sp³-hybridized carbons (Fsp3) is 0.267. The first-order valence-electron chi connectivity index (χ1n) is 6.29. The molecular weight excluding hydrogens is 258 g/mol. The maximum absolute atomic E-state index is 12.6. The predicted octanol–water partition coefficient (Wildman–Crippen LogP) is 3.48. The highest BCUT2D eigenvalue weighted by Crippen LogP contribution is 2.39. The summed E-state index contributed by atoms with van der Waals surface area (Å²) in [5, 5.41) is 0.00195. The molecule has 0 bridgehead atoms. The molecule has 1 unspecified atom stereocenters. The van der Waals surface area contributed by atoms with Gasteiger partial charge in [0.25, 0.3) is 5.91 Å². The van der Waals surface area contributed by atoms with Crippen molar-refractivity contribution in [2.75, 3.05) is 12.3 Å². The van der Waals surface area contributed by atoms with Crippen molar-refractivity contribution in [1.29, 1.82) is 0 Å². The molecule has 0 radical (unpaired) electrons. The lowest BCUT2D eigenvalue weighted by Crippen LogP contribution is -2.30. The monoisotopic (exact) mass is 273 g/mol. The molecule has 1 atom stereocenters. The first-order valence-corrected chi connectivity index (χ1v) is 7.34. The fourth-order valence-corrected chi connectivity index (χ4v) is 3.52. The van der Waals surface area contributed by atoms with E-state index >= 15 is 0 Å². The van der Waals surface area contributed by atoms with Crippen LogP contribution < -0.4 is 0 Å². The second-order valence-electron chi connectivity index (χ2n) is 4.55. The number of amides is 1. The Balaban J connectivity index is 1.89. The molecule has 0 N–H and O–H groups in total. The first-order chi connectivity index (χ1) is 9.27. The van der Waals surface area contributed by atoms with E-state index in [0.29, 0.717) is 0 Å². The SMILES string of the molecule is Cc1ccccc1C(=O)N1CCSC1c1ccco1. The highest BCUT2D eigenvalue weighted by molar-refractivity contribution is 7.99. The van der Waals surface area contributed by atoms with Crippen molar-refractivity contribution in [3.05, 3.63) is 59.5 Å². The number of nitrogens with zero attached hydrogens (tertiary/aromatic N) is 1. The van der Waals surface area contributed by atoms with Gasteiger partial charge >= 0.3 is 0 Å². The molecule has 4 heteroatoms. The van der Waals surface area contributed by atoms with Crippen LogP contribution in [0.5, 0.6) is 0 Å². The first kappa shape index (κ1) is 12.4. The number of carbonyl (C=O) groups is 1. The van der Waals surface area contributed by atoms with Crippen LogP contribution in [0.25, 0.3) is 0 Å². The van der Waals surface area contributed by atoms with Crippen molar-refractivity contribution in [1.82, 2.24) is 4.90 Å². The van der Waals surface area contributed by atoms with Crippen molar-refractivity contribution in [2.24, 2.45) is 0 Å². The number of furan rings is 1. The van der Waals surface area contributed by atoms with E-state index in [9.17, 15) is 4.79 Å². The summed E-state index contributed by atoms with van der Waals surface area (Å²) in [6, 6.07) is 11.5. The Labute approximate surface area is 116 Å². The third-order valence-electron chi connectivity index (χ3n) is 3.31. The zero-order valence-corrected chi connectivity index (χ0v) is 11.5. The minimum atomic E-state index is 0.00195. The molecule has 2 heterocycles. The van der Waals surface area contributed by atoms with Crippen molar-refractivity contribution in [3.8, 4) is 0 Å². The highest BCUT2D eigenvalue weighted by Gasteiger charge is 2.33. The van der Waals surface area contributed by atoms with Gasteiger partial charge in [-0.05, 0) is 30.7 Å². The Hall–Kier alpha value is -1.68. The second-order valence-corrected chi connectivity index (χ2v) is 5.74. The van der Waals surface area contributed by atoms with E-state index in [4.69, 9.17) is 4.42 Å². The standard InChI is InChI=1S/C15H15NO2S/c1-11-5-2-3-6-12(11)14(17)16-8-10-19-15(16)13-7-4-9-18-13/h2-7,9,15H,8,10H2,1H3. The quantitative estimate of drug-likeness (QED) is 0.840. The van der Waals surface area contributed by atoms with Crippen LogP contribution in [-0.4, -0.2) is 23.1 Å². The summed E-state index contributed by atoms with van der Waals surface area (Å²) in [5.41, 5.74) is 1.80. The van der Waals surface area contributed by atoms with Crippen LogP contribution in [0.2, 0.25) is 0 Å². The Morgan fingerprint density at radius 2 is 2.16 bits per heavy atom. The summed E-state index contributed by atoms with van der Waals surface area (Å²) in [4.78, 5) is 14.5. The molecular formula is C15H15NO2S. The van der Waals surface area contributed by atoms with Crippen molar-refractivity contribution in [3.63, 3.8) is 0 Å². The zero-order chi connectivity index (χ0) is 13.2. The van der Waals surface area contributed by atoms with E-state index in [0.717, 1.165) is 29.2 Å². The number of carbonyl (C=O) groups excluding carboxylic acids is 1. The van der Waals surface area contributed by atoms with Gasteiger partial charge in [-0.1, -0.05) is 18.2 Å². The number of thioether (sulfide) groups is 1. The fourth-order valence-electron chi connectivity index (χ4n) is 2.31. The molecule has 19 heavy (non-hydrogen) atoms. The van der Waals surface area contributed by atoms with Crippen molar-refractivity contribution in [2.45, 2.75) is 12.3 Å². The average molecular weight is 273 g/mol.